The van der Waals surface area contributed by atoms with Crippen molar-refractivity contribution < 1.29 is 14.3 Å². The molecular weight excluding hydrogens is 366 g/mol. The summed E-state index contributed by atoms with van der Waals surface area (Å²) in [6, 6.07) is 5.83. The third-order valence-electron chi connectivity index (χ3n) is 5.53. The Morgan fingerprint density at radius 1 is 1.15 bits per heavy atom. The van der Waals surface area contributed by atoms with Crippen LogP contribution in [0.15, 0.2) is 18.2 Å². The van der Waals surface area contributed by atoms with Gasteiger partial charge in [0.25, 0.3) is 0 Å². The highest BCUT2D eigenvalue weighted by molar-refractivity contribution is 6.34. The molecule has 0 spiro atoms. The molecule has 1 aromatic carbocycles. The maximum atomic E-state index is 12.6. The highest BCUT2D eigenvalue weighted by atomic mass is 35.5. The van der Waals surface area contributed by atoms with Gasteiger partial charge in [-0.2, -0.15) is 0 Å². The highest BCUT2D eigenvalue weighted by Crippen LogP contribution is 2.29. The van der Waals surface area contributed by atoms with Crippen LogP contribution >= 0.6 is 11.6 Å². The van der Waals surface area contributed by atoms with Crippen molar-refractivity contribution in [2.75, 3.05) is 37.4 Å². The Balaban J connectivity index is 1.50. The van der Waals surface area contributed by atoms with E-state index in [1.807, 2.05) is 0 Å². The van der Waals surface area contributed by atoms with Crippen LogP contribution in [0.5, 0.6) is 0 Å². The highest BCUT2D eigenvalue weighted by Gasteiger charge is 2.30. The van der Waals surface area contributed by atoms with Gasteiger partial charge < -0.3 is 20.3 Å². The molecule has 2 N–H and O–H groups in total. The third kappa shape index (κ3) is 5.43. The number of amides is 2. The molecule has 1 aromatic rings. The molecule has 0 unspecified atom stereocenters. The number of ether oxygens (including phenoxy) is 1. The van der Waals surface area contributed by atoms with E-state index in [1.54, 1.807) is 18.2 Å². The van der Waals surface area contributed by atoms with Crippen molar-refractivity contribution in [1.29, 1.82) is 0 Å². The molecule has 7 heteroatoms. The Hall–Kier alpha value is -1.63. The fourth-order valence-corrected chi connectivity index (χ4v) is 4.28. The van der Waals surface area contributed by atoms with Gasteiger partial charge in [0, 0.05) is 24.8 Å². The molecule has 2 aliphatic rings. The van der Waals surface area contributed by atoms with Crippen molar-refractivity contribution in [2.45, 2.75) is 44.6 Å². The van der Waals surface area contributed by atoms with Crippen molar-refractivity contribution in [3.63, 3.8) is 0 Å². The fraction of sp³-hybridized carbons (Fsp3) is 0.600. The molecule has 1 saturated carbocycles. The van der Waals surface area contributed by atoms with E-state index in [9.17, 15) is 9.59 Å². The van der Waals surface area contributed by atoms with E-state index in [0.29, 0.717) is 16.4 Å². The molecule has 1 aliphatic carbocycles. The monoisotopic (exact) mass is 393 g/mol. The summed E-state index contributed by atoms with van der Waals surface area (Å²) in [6.07, 6.45) is 7.11. The number of carbonyl (C=O) groups excluding carboxylic acids is 2. The second-order valence-electron chi connectivity index (χ2n) is 7.41. The van der Waals surface area contributed by atoms with Gasteiger partial charge in [-0.25, -0.2) is 0 Å². The maximum absolute atomic E-state index is 12.6. The predicted octanol–water partition coefficient (Wildman–Crippen LogP) is 3.52. The Labute approximate surface area is 165 Å². The number of carbonyl (C=O) groups is 2. The minimum atomic E-state index is -0.273. The molecule has 0 bridgehead atoms. The lowest BCUT2D eigenvalue weighted by molar-refractivity contribution is -0.121. The Morgan fingerprint density at radius 2 is 1.85 bits per heavy atom. The van der Waals surface area contributed by atoms with E-state index < -0.39 is 0 Å². The van der Waals surface area contributed by atoms with E-state index in [-0.39, 0.29) is 24.3 Å². The topological polar surface area (TPSA) is 70.7 Å². The zero-order chi connectivity index (χ0) is 19.2. The lowest BCUT2D eigenvalue weighted by Gasteiger charge is -2.35. The summed E-state index contributed by atoms with van der Waals surface area (Å²) in [4.78, 5) is 26.7. The van der Waals surface area contributed by atoms with Crippen molar-refractivity contribution in [2.24, 2.45) is 5.92 Å². The Bertz CT molecular complexity index is 668. The van der Waals surface area contributed by atoms with E-state index in [1.165, 1.54) is 32.8 Å². The van der Waals surface area contributed by atoms with Crippen LogP contribution in [0.25, 0.3) is 0 Å². The van der Waals surface area contributed by atoms with Crippen LogP contribution in [0.4, 0.5) is 11.4 Å². The van der Waals surface area contributed by atoms with Gasteiger partial charge >= 0.3 is 0 Å². The Kier molecular flexibility index (Phi) is 7.10. The standard InChI is InChI=1S/C20H28ClN3O3/c1-27-13-19(25)23-18-7-6-15(12-17(18)21)22-20(26)14-8-10-24(11-9-14)16-4-2-3-5-16/h6-7,12,14,16H,2-5,8-11,13H2,1H3,(H,22,26)(H,23,25). The normalized spacial score (nSPS) is 19.2. The number of anilines is 2. The van der Waals surface area contributed by atoms with Gasteiger partial charge in [0.2, 0.25) is 11.8 Å². The van der Waals surface area contributed by atoms with E-state index in [2.05, 4.69) is 15.5 Å². The van der Waals surface area contributed by atoms with Crippen molar-refractivity contribution >= 4 is 34.8 Å². The van der Waals surface area contributed by atoms with E-state index in [0.717, 1.165) is 32.0 Å². The van der Waals surface area contributed by atoms with Crippen LogP contribution in [-0.2, 0) is 14.3 Å². The average Bonchev–Trinajstić information content (AvgIpc) is 3.19. The van der Waals surface area contributed by atoms with Crippen LogP contribution in [0.3, 0.4) is 0 Å². The number of hydrogen-bond donors (Lipinski definition) is 2. The Morgan fingerprint density at radius 3 is 2.48 bits per heavy atom. The number of nitrogens with one attached hydrogen (secondary N) is 2. The maximum Gasteiger partial charge on any atom is 0.250 e. The number of nitrogens with zero attached hydrogens (tertiary/aromatic N) is 1. The van der Waals surface area contributed by atoms with Crippen LogP contribution in [0, 0.1) is 5.92 Å². The van der Waals surface area contributed by atoms with Crippen molar-refractivity contribution in [3.8, 4) is 0 Å². The van der Waals surface area contributed by atoms with Crippen molar-refractivity contribution in [1.82, 2.24) is 4.90 Å². The average molecular weight is 394 g/mol. The van der Waals surface area contributed by atoms with Gasteiger partial charge in [-0.05, 0) is 57.0 Å². The molecule has 148 valence electrons. The number of methoxy groups -OCH3 is 1. The molecule has 3 rings (SSSR count). The summed E-state index contributed by atoms with van der Waals surface area (Å²) in [5, 5.41) is 6.02. The van der Waals surface area contributed by atoms with Gasteiger partial charge in [0.05, 0.1) is 10.7 Å². The number of benzene rings is 1. The van der Waals surface area contributed by atoms with Crippen LogP contribution < -0.4 is 10.6 Å². The number of likely N-dealkylation sites (tertiary alicyclic amines) is 1. The van der Waals surface area contributed by atoms with E-state index in [4.69, 9.17) is 16.3 Å². The minimum absolute atomic E-state index is 0.0334. The van der Waals surface area contributed by atoms with Gasteiger partial charge in [-0.15, -0.1) is 0 Å². The molecular formula is C20H28ClN3O3. The lowest BCUT2D eigenvalue weighted by atomic mass is 9.94. The number of halogens is 1. The molecule has 0 radical (unpaired) electrons. The van der Waals surface area contributed by atoms with Crippen LogP contribution in [0.2, 0.25) is 5.02 Å². The molecule has 0 atom stereocenters. The molecule has 1 saturated heterocycles. The third-order valence-corrected chi connectivity index (χ3v) is 5.84. The second-order valence-corrected chi connectivity index (χ2v) is 7.82. The number of rotatable bonds is 6. The predicted molar refractivity (Wildman–Crippen MR) is 107 cm³/mol. The summed E-state index contributed by atoms with van der Waals surface area (Å²) >= 11 is 6.22. The first-order valence-corrected chi connectivity index (χ1v) is 10.1. The van der Waals surface area contributed by atoms with Gasteiger partial charge in [0.15, 0.2) is 0 Å². The zero-order valence-electron chi connectivity index (χ0n) is 15.8. The summed E-state index contributed by atoms with van der Waals surface area (Å²) in [5.41, 5.74) is 1.15. The summed E-state index contributed by atoms with van der Waals surface area (Å²) in [5.74, 6) is -0.180. The first-order valence-electron chi connectivity index (χ1n) is 9.70. The second kappa shape index (κ2) is 9.53. The van der Waals surface area contributed by atoms with Crippen LogP contribution in [0.1, 0.15) is 38.5 Å². The molecule has 2 amide bonds. The zero-order valence-corrected chi connectivity index (χ0v) is 16.6. The fourth-order valence-electron chi connectivity index (χ4n) is 4.05. The van der Waals surface area contributed by atoms with Gasteiger partial charge in [0.1, 0.15) is 6.61 Å². The molecule has 0 aromatic heterocycles. The molecule has 2 fully saturated rings. The minimum Gasteiger partial charge on any atom is -0.375 e. The molecule has 1 heterocycles. The summed E-state index contributed by atoms with van der Waals surface area (Å²) < 4.78 is 4.78. The first-order chi connectivity index (χ1) is 13.1. The van der Waals surface area contributed by atoms with E-state index >= 15 is 0 Å². The molecule has 6 nitrogen and oxygen atoms in total. The lowest BCUT2D eigenvalue weighted by Crippen LogP contribution is -2.42. The van der Waals surface area contributed by atoms with Gasteiger partial charge in [-0.1, -0.05) is 24.4 Å². The van der Waals surface area contributed by atoms with Crippen LogP contribution in [-0.4, -0.2) is 49.6 Å². The largest absolute Gasteiger partial charge is 0.375 e. The quantitative estimate of drug-likeness (QED) is 0.775. The first kappa shape index (κ1) is 20.1. The molecule has 1 aliphatic heterocycles. The van der Waals surface area contributed by atoms with Crippen molar-refractivity contribution in [3.05, 3.63) is 23.2 Å². The summed E-state index contributed by atoms with van der Waals surface area (Å²) in [7, 11) is 1.46. The molecule has 27 heavy (non-hydrogen) atoms. The summed E-state index contributed by atoms with van der Waals surface area (Å²) in [6.45, 7) is 1.98. The number of piperidine rings is 1. The smallest absolute Gasteiger partial charge is 0.250 e. The number of hydrogen-bond acceptors (Lipinski definition) is 4. The van der Waals surface area contributed by atoms with Gasteiger partial charge in [-0.3, -0.25) is 9.59 Å². The SMILES string of the molecule is COCC(=O)Nc1ccc(NC(=O)C2CCN(C3CCCC3)CC2)cc1Cl.